The topological polar surface area (TPSA) is 37.5 Å². The van der Waals surface area contributed by atoms with Crippen molar-refractivity contribution in [3.05, 3.63) is 5.84 Å². The summed E-state index contributed by atoms with van der Waals surface area (Å²) in [6, 6.07) is 0. The third-order valence-electron chi connectivity index (χ3n) is 2.31. The van der Waals surface area contributed by atoms with Crippen molar-refractivity contribution in [2.45, 2.75) is 39.2 Å². The van der Waals surface area contributed by atoms with Crippen LogP contribution >= 0.6 is 0 Å². The molecule has 62 valence electrons. The molecule has 3 heteroatoms. The van der Waals surface area contributed by atoms with E-state index in [0.29, 0.717) is 5.17 Å². The highest BCUT2D eigenvalue weighted by atomic mass is 16.7. The van der Waals surface area contributed by atoms with Crippen molar-refractivity contribution in [2.24, 2.45) is 0 Å². The Hall–Kier alpha value is -0.120. The maximum absolute atomic E-state index is 7.47. The van der Waals surface area contributed by atoms with Crippen molar-refractivity contribution in [3.8, 4) is 0 Å². The van der Waals surface area contributed by atoms with E-state index < -0.39 is 0 Å². The molecule has 0 spiro atoms. The first kappa shape index (κ1) is 9.88. The van der Waals surface area contributed by atoms with E-state index >= 15 is 0 Å². The van der Waals surface area contributed by atoms with E-state index in [1.54, 1.807) is 7.11 Å². The highest BCUT2D eigenvalue weighted by Crippen LogP contribution is 2.08. The molecular formula is C7H18N2O. The van der Waals surface area contributed by atoms with Crippen LogP contribution in [0.5, 0.6) is 0 Å². The molecule has 0 aliphatic heterocycles. The van der Waals surface area contributed by atoms with Gasteiger partial charge in [-0.1, -0.05) is 13.8 Å². The summed E-state index contributed by atoms with van der Waals surface area (Å²) in [5.74, 6) is 7.47. The minimum Gasteiger partial charge on any atom is -0.434 e. The fourth-order valence-electron chi connectivity index (χ4n) is 0.818. The lowest BCUT2D eigenvalue weighted by Crippen LogP contribution is -3.13. The Kier molecular flexibility index (Phi) is 3.86. The second-order valence-electron chi connectivity index (χ2n) is 2.80. The highest BCUT2D eigenvalue weighted by molar-refractivity contribution is 4.66. The van der Waals surface area contributed by atoms with Gasteiger partial charge in [0, 0.05) is 12.8 Å². The Labute approximate surface area is 63.1 Å². The fraction of sp³-hybridized carbons (Fsp3) is 1.00. The summed E-state index contributed by atoms with van der Waals surface area (Å²) < 4.78 is 0. The number of nitrogens with one attached hydrogen (secondary N) is 2. The van der Waals surface area contributed by atoms with Crippen molar-refractivity contribution in [2.75, 3.05) is 7.11 Å². The van der Waals surface area contributed by atoms with Crippen LogP contribution in [-0.2, 0) is 4.84 Å². The van der Waals surface area contributed by atoms with Gasteiger partial charge in [0.2, 0.25) is 0 Å². The van der Waals surface area contributed by atoms with E-state index in [9.17, 15) is 0 Å². The van der Waals surface area contributed by atoms with Gasteiger partial charge in [-0.25, -0.2) is 4.84 Å². The van der Waals surface area contributed by atoms with Crippen LogP contribution in [0.3, 0.4) is 0 Å². The van der Waals surface area contributed by atoms with Gasteiger partial charge in [0.15, 0.2) is 0 Å². The number of hydrogen-bond donors (Lipinski definition) is 1. The molecule has 10 heavy (non-hydrogen) atoms. The molecule has 1 unspecified atom stereocenters. The summed E-state index contributed by atoms with van der Waals surface area (Å²) in [4.78, 5) is 4.88. The molecule has 0 aromatic carbocycles. The zero-order valence-corrected chi connectivity index (χ0v) is 7.32. The Morgan fingerprint density at radius 1 is 1.40 bits per heavy atom. The first-order valence-corrected chi connectivity index (χ1v) is 3.73. The van der Waals surface area contributed by atoms with Crippen molar-refractivity contribution in [1.29, 1.82) is 0 Å². The lowest BCUT2D eigenvalue weighted by molar-refractivity contribution is -1.09. The van der Waals surface area contributed by atoms with Crippen molar-refractivity contribution >= 4 is 0 Å². The van der Waals surface area contributed by atoms with Crippen LogP contribution in [0, 0.1) is 0 Å². The number of hydrogen-bond acceptors (Lipinski definition) is 1. The van der Waals surface area contributed by atoms with E-state index in [-0.39, 0.29) is 5.54 Å². The van der Waals surface area contributed by atoms with Gasteiger partial charge in [-0.3, -0.25) is 5.17 Å². The molecule has 1 atom stereocenters. The predicted octanol–water partition coefficient (Wildman–Crippen LogP) is 0.979. The monoisotopic (exact) mass is 146 g/mol. The van der Waals surface area contributed by atoms with Crippen LogP contribution in [0.15, 0.2) is 0 Å². The van der Waals surface area contributed by atoms with Crippen LogP contribution < -0.4 is 5.17 Å². The molecule has 0 aliphatic carbocycles. The molecule has 0 saturated carbocycles. The normalized spacial score (nSPS) is 15.3. The Balaban J connectivity index is 4.02. The lowest BCUT2D eigenvalue weighted by Gasteiger charge is -2.35. The molecule has 0 radical (unpaired) electrons. The quantitative estimate of drug-likeness (QED) is 0.590. The van der Waals surface area contributed by atoms with Crippen LogP contribution in [0.25, 0.3) is 5.84 Å². The largest absolute Gasteiger partial charge is 0.434 e. The number of hydroxylamine groups is 1. The first-order chi connectivity index (χ1) is 4.60. The van der Waals surface area contributed by atoms with Crippen LogP contribution in [0.4, 0.5) is 0 Å². The summed E-state index contributed by atoms with van der Waals surface area (Å²) in [6.07, 6.45) is 1.94. The summed E-state index contributed by atoms with van der Waals surface area (Å²) >= 11 is 0. The van der Waals surface area contributed by atoms with E-state index in [4.69, 9.17) is 10.7 Å². The van der Waals surface area contributed by atoms with Crippen molar-refractivity contribution in [3.63, 3.8) is 0 Å². The van der Waals surface area contributed by atoms with E-state index in [1.165, 1.54) is 0 Å². The van der Waals surface area contributed by atoms with Gasteiger partial charge in [0.05, 0.1) is 7.11 Å². The third kappa shape index (κ3) is 1.94. The fourth-order valence-corrected chi connectivity index (χ4v) is 0.818. The minimum absolute atomic E-state index is 0.0469. The molecule has 3 nitrogen and oxygen atoms in total. The Morgan fingerprint density at radius 2 is 1.80 bits per heavy atom. The maximum Gasteiger partial charge on any atom is 0.114 e. The summed E-state index contributed by atoms with van der Waals surface area (Å²) in [7, 11) is 1.56. The van der Waals surface area contributed by atoms with Gasteiger partial charge in [0.25, 0.3) is 0 Å². The molecule has 0 aromatic heterocycles. The predicted molar refractivity (Wildman–Crippen MR) is 41.3 cm³/mol. The van der Waals surface area contributed by atoms with Crippen LogP contribution in [0.2, 0.25) is 0 Å². The average Bonchev–Trinajstić information content (AvgIpc) is 2.01. The Bertz CT molecular complexity index is 91.6. The summed E-state index contributed by atoms with van der Waals surface area (Å²) in [5.41, 5.74) is -0.0469. The zero-order chi connectivity index (χ0) is 8.20. The summed E-state index contributed by atoms with van der Waals surface area (Å²) in [6.45, 7) is 6.22. The van der Waals surface area contributed by atoms with E-state index in [0.717, 1.165) is 12.8 Å². The molecular weight excluding hydrogens is 128 g/mol. The van der Waals surface area contributed by atoms with Gasteiger partial charge in [0.1, 0.15) is 5.54 Å². The Morgan fingerprint density at radius 3 is 1.90 bits per heavy atom. The summed E-state index contributed by atoms with van der Waals surface area (Å²) in [5, 5.41) is 0.400. The van der Waals surface area contributed by atoms with Gasteiger partial charge in [-0.15, -0.1) is 0 Å². The van der Waals surface area contributed by atoms with Gasteiger partial charge in [-0.05, 0) is 6.92 Å². The molecule has 0 aliphatic rings. The molecule has 0 heterocycles. The van der Waals surface area contributed by atoms with Crippen molar-refractivity contribution < 1.29 is 10.0 Å². The first-order valence-electron chi connectivity index (χ1n) is 3.73. The molecule has 0 aromatic rings. The molecule has 0 fully saturated rings. The smallest absolute Gasteiger partial charge is 0.114 e. The SMILES string of the molecule is CCC(C)(CC)[NH+]([NH-])OC. The zero-order valence-electron chi connectivity index (χ0n) is 7.32. The molecule has 2 N–H and O–H groups in total. The third-order valence-corrected chi connectivity index (χ3v) is 2.31. The highest BCUT2D eigenvalue weighted by Gasteiger charge is 2.26. The maximum atomic E-state index is 7.47. The molecule has 0 rings (SSSR count). The number of rotatable bonds is 4. The second-order valence-corrected chi connectivity index (χ2v) is 2.80. The van der Waals surface area contributed by atoms with Crippen LogP contribution in [-0.4, -0.2) is 12.6 Å². The molecule has 0 bridgehead atoms. The van der Waals surface area contributed by atoms with E-state index in [1.807, 2.05) is 0 Å². The van der Waals surface area contributed by atoms with Gasteiger partial charge >= 0.3 is 0 Å². The van der Waals surface area contributed by atoms with Gasteiger partial charge in [-0.2, -0.15) is 0 Å². The standard InChI is InChI=1S/C7H18N2O/c1-5-7(3,6-2)9(8)10-4/h8-9H,5-6H2,1-4H3. The van der Waals surface area contributed by atoms with Crippen molar-refractivity contribution in [1.82, 2.24) is 0 Å². The van der Waals surface area contributed by atoms with Crippen LogP contribution in [0.1, 0.15) is 33.6 Å². The average molecular weight is 146 g/mol. The minimum atomic E-state index is -0.0469. The van der Waals surface area contributed by atoms with E-state index in [2.05, 4.69) is 20.8 Å². The lowest BCUT2D eigenvalue weighted by atomic mass is 9.96. The molecule has 0 saturated heterocycles. The second kappa shape index (κ2) is 3.91. The van der Waals surface area contributed by atoms with Gasteiger partial charge < -0.3 is 5.84 Å². The number of quaternary nitrogens is 1. The molecule has 0 amide bonds.